The van der Waals surface area contributed by atoms with Gasteiger partial charge in [0.2, 0.25) is 0 Å². The molecule has 0 spiro atoms. The third-order valence-electron chi connectivity index (χ3n) is 9.01. The van der Waals surface area contributed by atoms with Crippen LogP contribution in [-0.2, 0) is 13.1 Å². The van der Waals surface area contributed by atoms with E-state index in [0.717, 1.165) is 53.5 Å². The molecule has 2 N–H and O–H groups in total. The summed E-state index contributed by atoms with van der Waals surface area (Å²) < 4.78 is 27.1. The molecule has 0 aliphatic carbocycles. The van der Waals surface area contributed by atoms with Gasteiger partial charge in [0.1, 0.15) is 0 Å². The van der Waals surface area contributed by atoms with E-state index in [1.54, 1.807) is 18.6 Å². The van der Waals surface area contributed by atoms with E-state index in [1.807, 2.05) is 41.3 Å². The zero-order valence-electron chi connectivity index (χ0n) is 25.4. The number of piperidine rings is 1. The molecule has 1 atom stereocenters. The summed E-state index contributed by atoms with van der Waals surface area (Å²) in [4.78, 5) is 26.9. The van der Waals surface area contributed by atoms with E-state index in [0.29, 0.717) is 36.4 Å². The maximum atomic E-state index is 13.6. The SMILES string of the molecule is CCC[C@H]1CCCN(Cc2ccc(NC(=O)c3n[nH]c4ccc(-c5cncc(CN6CCC(F)(F)CC6)c5)cc34)cn2)CC1. The number of anilines is 1. The number of rotatable bonds is 9. The summed E-state index contributed by atoms with van der Waals surface area (Å²) in [7, 11) is 0. The van der Waals surface area contributed by atoms with Crippen molar-refractivity contribution in [2.45, 2.75) is 70.9 Å². The first-order valence-electron chi connectivity index (χ1n) is 15.9. The normalized spacial score (nSPS) is 19.6. The van der Waals surface area contributed by atoms with Crippen molar-refractivity contribution in [3.63, 3.8) is 0 Å². The summed E-state index contributed by atoms with van der Waals surface area (Å²) in [6.45, 7) is 6.62. The van der Waals surface area contributed by atoms with Gasteiger partial charge in [-0.2, -0.15) is 5.10 Å². The fourth-order valence-corrected chi connectivity index (χ4v) is 6.49. The molecule has 8 nitrogen and oxygen atoms in total. The van der Waals surface area contributed by atoms with E-state index in [9.17, 15) is 13.6 Å². The number of aromatic amines is 1. The highest BCUT2D eigenvalue weighted by Gasteiger charge is 2.33. The lowest BCUT2D eigenvalue weighted by Crippen LogP contribution is -2.38. The first kappa shape index (κ1) is 30.3. The lowest BCUT2D eigenvalue weighted by atomic mass is 9.96. The summed E-state index contributed by atoms with van der Waals surface area (Å²) in [5.74, 6) is -2.03. The average molecular weight is 602 g/mol. The summed E-state index contributed by atoms with van der Waals surface area (Å²) in [6, 6.07) is 11.7. The molecule has 0 radical (unpaired) electrons. The van der Waals surface area contributed by atoms with Crippen molar-refractivity contribution in [3.8, 4) is 11.1 Å². The first-order chi connectivity index (χ1) is 21.3. The van der Waals surface area contributed by atoms with Gasteiger partial charge in [0.15, 0.2) is 5.69 Å². The number of benzene rings is 1. The van der Waals surface area contributed by atoms with Gasteiger partial charge in [0.05, 0.1) is 23.1 Å². The van der Waals surface area contributed by atoms with E-state index in [4.69, 9.17) is 0 Å². The van der Waals surface area contributed by atoms with Gasteiger partial charge in [0.25, 0.3) is 11.8 Å². The third-order valence-corrected chi connectivity index (χ3v) is 9.01. The standard InChI is InChI=1S/C34H41F2N7O/c1-2-4-24-5-3-13-42(14-10-24)23-29-8-7-28(21-38-29)39-33(44)32-30-18-26(6-9-31(30)40-41-32)27-17-25(19-37-20-27)22-43-15-11-34(35,36)12-16-43/h6-9,17-21,24H,2-5,10-16,22-23H2,1H3,(H,39,44)(H,40,41)/t24-/m0/s1. The number of hydrogen-bond acceptors (Lipinski definition) is 6. The molecular formula is C34H41F2N7O. The molecule has 2 aliphatic rings. The average Bonchev–Trinajstić information content (AvgIpc) is 3.33. The van der Waals surface area contributed by atoms with Crippen LogP contribution in [0, 0.1) is 5.92 Å². The fraction of sp³-hybridized carbons (Fsp3) is 0.471. The number of H-pyrrole nitrogens is 1. The minimum absolute atomic E-state index is 0.111. The number of nitrogens with zero attached hydrogens (tertiary/aromatic N) is 5. The zero-order valence-corrected chi connectivity index (χ0v) is 25.4. The van der Waals surface area contributed by atoms with Gasteiger partial charge in [-0.15, -0.1) is 0 Å². The van der Waals surface area contributed by atoms with Crippen LogP contribution in [0.1, 0.15) is 73.6 Å². The van der Waals surface area contributed by atoms with Crippen LogP contribution in [0.2, 0.25) is 0 Å². The van der Waals surface area contributed by atoms with Crippen molar-refractivity contribution < 1.29 is 13.6 Å². The van der Waals surface area contributed by atoms with Gasteiger partial charge in [0, 0.05) is 62.4 Å². The predicted molar refractivity (Wildman–Crippen MR) is 168 cm³/mol. The van der Waals surface area contributed by atoms with Gasteiger partial charge in [-0.25, -0.2) is 8.78 Å². The number of carbonyl (C=O) groups is 1. The molecule has 10 heteroatoms. The number of alkyl halides is 2. The van der Waals surface area contributed by atoms with Crippen molar-refractivity contribution in [1.29, 1.82) is 0 Å². The Morgan fingerprint density at radius 1 is 0.977 bits per heavy atom. The molecule has 2 saturated heterocycles. The molecule has 44 heavy (non-hydrogen) atoms. The number of aromatic nitrogens is 4. The Bertz CT molecular complexity index is 1560. The van der Waals surface area contributed by atoms with E-state index >= 15 is 0 Å². The van der Waals surface area contributed by atoms with Gasteiger partial charge in [-0.1, -0.05) is 25.8 Å². The van der Waals surface area contributed by atoms with E-state index in [2.05, 4.69) is 37.3 Å². The quantitative estimate of drug-likeness (QED) is 0.217. The molecule has 0 unspecified atom stereocenters. The van der Waals surface area contributed by atoms with Crippen molar-refractivity contribution in [2.75, 3.05) is 31.5 Å². The number of halogens is 2. The Hall–Kier alpha value is -3.76. The molecule has 2 aliphatic heterocycles. The van der Waals surface area contributed by atoms with Crippen LogP contribution < -0.4 is 5.32 Å². The second-order valence-electron chi connectivity index (χ2n) is 12.4. The number of amides is 1. The highest BCUT2D eigenvalue weighted by Crippen LogP contribution is 2.30. The van der Waals surface area contributed by atoms with Crippen molar-refractivity contribution in [1.82, 2.24) is 30.0 Å². The van der Waals surface area contributed by atoms with E-state index in [-0.39, 0.29) is 18.7 Å². The first-order valence-corrected chi connectivity index (χ1v) is 15.9. The molecule has 3 aromatic heterocycles. The van der Waals surface area contributed by atoms with Crippen LogP contribution in [0.15, 0.2) is 55.0 Å². The largest absolute Gasteiger partial charge is 0.319 e. The van der Waals surface area contributed by atoms with Crippen LogP contribution in [0.3, 0.4) is 0 Å². The molecule has 0 bridgehead atoms. The monoisotopic (exact) mass is 601 g/mol. The molecule has 4 aromatic rings. The summed E-state index contributed by atoms with van der Waals surface area (Å²) in [5, 5.41) is 10.9. The smallest absolute Gasteiger partial charge is 0.276 e. The molecule has 1 amide bonds. The second kappa shape index (κ2) is 13.5. The Balaban J connectivity index is 1.10. The predicted octanol–water partition coefficient (Wildman–Crippen LogP) is 6.91. The van der Waals surface area contributed by atoms with Crippen LogP contribution in [-0.4, -0.2) is 68.0 Å². The maximum Gasteiger partial charge on any atom is 0.276 e. The zero-order chi connectivity index (χ0) is 30.5. The lowest BCUT2D eigenvalue weighted by molar-refractivity contribution is -0.0566. The topological polar surface area (TPSA) is 90.0 Å². The van der Waals surface area contributed by atoms with Crippen LogP contribution in [0.4, 0.5) is 14.5 Å². The number of carbonyl (C=O) groups excluding carboxylic acids is 1. The van der Waals surface area contributed by atoms with Crippen molar-refractivity contribution >= 4 is 22.5 Å². The highest BCUT2D eigenvalue weighted by atomic mass is 19.3. The minimum atomic E-state index is -2.56. The Morgan fingerprint density at radius 3 is 2.61 bits per heavy atom. The number of fused-ring (bicyclic) bond motifs is 1. The Kier molecular flexibility index (Phi) is 9.28. The van der Waals surface area contributed by atoms with Crippen molar-refractivity contribution in [2.24, 2.45) is 5.92 Å². The summed E-state index contributed by atoms with van der Waals surface area (Å²) >= 11 is 0. The van der Waals surface area contributed by atoms with Gasteiger partial charge >= 0.3 is 0 Å². The fourth-order valence-electron chi connectivity index (χ4n) is 6.49. The molecule has 1 aromatic carbocycles. The van der Waals surface area contributed by atoms with Crippen molar-refractivity contribution in [3.05, 3.63) is 71.9 Å². The molecule has 2 fully saturated rings. The summed E-state index contributed by atoms with van der Waals surface area (Å²) in [6.07, 6.45) is 11.4. The molecule has 0 saturated carbocycles. The lowest BCUT2D eigenvalue weighted by Gasteiger charge is -2.31. The minimum Gasteiger partial charge on any atom is -0.319 e. The Labute approximate surface area is 257 Å². The number of pyridine rings is 2. The Morgan fingerprint density at radius 2 is 1.82 bits per heavy atom. The van der Waals surface area contributed by atoms with Gasteiger partial charge in [-0.05, 0) is 79.7 Å². The second-order valence-corrected chi connectivity index (χ2v) is 12.4. The number of hydrogen-bond donors (Lipinski definition) is 2. The van der Waals surface area contributed by atoms with Crippen LogP contribution >= 0.6 is 0 Å². The molecule has 6 rings (SSSR count). The number of nitrogens with one attached hydrogen (secondary N) is 2. The van der Waals surface area contributed by atoms with Gasteiger partial charge in [-0.3, -0.25) is 29.7 Å². The highest BCUT2D eigenvalue weighted by molar-refractivity contribution is 6.11. The third kappa shape index (κ3) is 7.47. The van der Waals surface area contributed by atoms with Crippen LogP contribution in [0.5, 0.6) is 0 Å². The van der Waals surface area contributed by atoms with Crippen LogP contribution in [0.25, 0.3) is 22.0 Å². The number of likely N-dealkylation sites (tertiary alicyclic amines) is 2. The molecule has 232 valence electrons. The van der Waals surface area contributed by atoms with E-state index < -0.39 is 5.92 Å². The van der Waals surface area contributed by atoms with Gasteiger partial charge < -0.3 is 5.32 Å². The summed E-state index contributed by atoms with van der Waals surface area (Å²) in [5.41, 5.74) is 5.43. The molecular weight excluding hydrogens is 560 g/mol. The molecule has 5 heterocycles. The van der Waals surface area contributed by atoms with E-state index in [1.165, 1.54) is 32.1 Å². The maximum absolute atomic E-state index is 13.6.